The molecule has 4 atom stereocenters. The average Bonchev–Trinajstić information content (AvgIpc) is 3.15. The monoisotopic (exact) mass is 336 g/mol. The summed E-state index contributed by atoms with van der Waals surface area (Å²) in [5, 5.41) is 3.00. The number of nitrogens with zero attached hydrogens (tertiary/aromatic N) is 1. The second-order valence-electron chi connectivity index (χ2n) is 7.48. The van der Waals surface area contributed by atoms with Crippen molar-refractivity contribution >= 4 is 17.7 Å². The van der Waals surface area contributed by atoms with E-state index in [1.165, 1.54) is 17.9 Å². The number of amides is 3. The van der Waals surface area contributed by atoms with E-state index in [1.54, 1.807) is 4.90 Å². The number of carbonyl (C=O) groups is 3. The molecule has 0 aromatic heterocycles. The lowest BCUT2D eigenvalue weighted by Gasteiger charge is -2.20. The number of fused-ring (bicyclic) bond motifs is 1. The molecule has 2 N–H and O–H groups in total. The largest absolute Gasteiger partial charge is 0.350 e. The second kappa shape index (κ2) is 7.64. The van der Waals surface area contributed by atoms with E-state index >= 15 is 0 Å². The van der Waals surface area contributed by atoms with Crippen molar-refractivity contribution in [1.82, 2.24) is 10.2 Å². The van der Waals surface area contributed by atoms with Crippen molar-refractivity contribution in [3.05, 3.63) is 0 Å². The van der Waals surface area contributed by atoms with Crippen molar-refractivity contribution in [2.45, 2.75) is 57.9 Å². The van der Waals surface area contributed by atoms with Gasteiger partial charge in [0.1, 0.15) is 6.04 Å². The summed E-state index contributed by atoms with van der Waals surface area (Å²) >= 11 is 0. The van der Waals surface area contributed by atoms with Crippen molar-refractivity contribution in [2.24, 2.45) is 11.8 Å². The highest BCUT2D eigenvalue weighted by atomic mass is 16.2. The van der Waals surface area contributed by atoms with Crippen molar-refractivity contribution in [3.63, 3.8) is 0 Å². The minimum atomic E-state index is -0.116. The van der Waals surface area contributed by atoms with Crippen LogP contribution in [0.4, 0.5) is 0 Å². The molecule has 3 amide bonds. The fraction of sp³-hybridized carbons (Fsp3) is 0.833. The third-order valence-electron chi connectivity index (χ3n) is 6.12. The van der Waals surface area contributed by atoms with E-state index in [0.29, 0.717) is 12.6 Å². The van der Waals surface area contributed by atoms with E-state index < -0.39 is 0 Å². The first-order valence-corrected chi connectivity index (χ1v) is 9.58. The van der Waals surface area contributed by atoms with Crippen LogP contribution in [0.1, 0.15) is 51.9 Å². The summed E-state index contributed by atoms with van der Waals surface area (Å²) in [5.41, 5.74) is 0. The Balaban J connectivity index is 1.44. The lowest BCUT2D eigenvalue weighted by Crippen LogP contribution is -3.14. The van der Waals surface area contributed by atoms with Gasteiger partial charge in [-0.15, -0.1) is 0 Å². The predicted octanol–water partition coefficient (Wildman–Crippen LogP) is -0.265. The summed E-state index contributed by atoms with van der Waals surface area (Å²) in [6.45, 7) is 5.41. The molecule has 1 saturated carbocycles. The zero-order valence-corrected chi connectivity index (χ0v) is 14.7. The molecule has 0 aromatic carbocycles. The number of likely N-dealkylation sites (N-methyl/N-ethyl adjacent to an activating group) is 1. The molecule has 2 aliphatic heterocycles. The highest BCUT2D eigenvalue weighted by molar-refractivity contribution is 6.05. The van der Waals surface area contributed by atoms with Gasteiger partial charge >= 0.3 is 0 Å². The number of carbonyl (C=O) groups excluding carboxylic acids is 3. The highest BCUT2D eigenvalue weighted by Crippen LogP contribution is 2.37. The Morgan fingerprint density at radius 3 is 2.42 bits per heavy atom. The lowest BCUT2D eigenvalue weighted by atomic mass is 9.81. The molecule has 1 aliphatic carbocycles. The second-order valence-corrected chi connectivity index (χ2v) is 7.48. The van der Waals surface area contributed by atoms with Crippen molar-refractivity contribution in [2.75, 3.05) is 26.2 Å². The molecule has 6 heteroatoms. The Bertz CT molecular complexity index is 484. The summed E-state index contributed by atoms with van der Waals surface area (Å²) in [6.07, 6.45) is 6.34. The Kier molecular flexibility index (Phi) is 5.54. The van der Waals surface area contributed by atoms with Crippen LogP contribution < -0.4 is 10.2 Å². The number of likely N-dealkylation sites (tertiary alicyclic amines) is 2. The van der Waals surface area contributed by atoms with Crippen molar-refractivity contribution < 1.29 is 19.3 Å². The SMILES string of the molecule is CC[NH+]1CCC[C@H]1CNC(=O)CCN1C(=O)[C@H]2CCCC[C@H]2C1=O. The quantitative estimate of drug-likeness (QED) is 0.656. The van der Waals surface area contributed by atoms with Gasteiger partial charge in [-0.05, 0) is 19.8 Å². The normalized spacial score (nSPS) is 33.0. The topological polar surface area (TPSA) is 70.9 Å². The number of imide groups is 1. The maximum absolute atomic E-state index is 12.4. The molecule has 3 fully saturated rings. The van der Waals surface area contributed by atoms with Gasteiger partial charge in [-0.25, -0.2) is 0 Å². The van der Waals surface area contributed by atoms with Crippen LogP contribution in [0.5, 0.6) is 0 Å². The van der Waals surface area contributed by atoms with Gasteiger partial charge in [0.15, 0.2) is 0 Å². The van der Waals surface area contributed by atoms with Gasteiger partial charge in [0, 0.05) is 25.8 Å². The molecule has 2 heterocycles. The van der Waals surface area contributed by atoms with Gasteiger partial charge in [-0.2, -0.15) is 0 Å². The molecule has 134 valence electrons. The molecule has 0 spiro atoms. The van der Waals surface area contributed by atoms with Crippen molar-refractivity contribution in [1.29, 1.82) is 0 Å². The molecule has 0 aromatic rings. The standard InChI is InChI=1S/C18H29N3O3/c1-2-20-10-5-6-13(20)12-19-16(22)9-11-21-17(23)14-7-3-4-8-15(14)18(21)24/h13-15H,2-12H2,1H3,(H,19,22)/p+1/t13-,14-,15+/m0/s1. The van der Waals surface area contributed by atoms with E-state index in [-0.39, 0.29) is 42.5 Å². The summed E-state index contributed by atoms with van der Waals surface area (Å²) in [5.74, 6) is -0.373. The summed E-state index contributed by atoms with van der Waals surface area (Å²) in [4.78, 5) is 39.8. The van der Waals surface area contributed by atoms with Crippen LogP contribution in [0.3, 0.4) is 0 Å². The first-order valence-electron chi connectivity index (χ1n) is 9.58. The van der Waals surface area contributed by atoms with E-state index in [1.807, 2.05) is 0 Å². The number of hydrogen-bond acceptors (Lipinski definition) is 3. The molecule has 0 bridgehead atoms. The summed E-state index contributed by atoms with van der Waals surface area (Å²) in [6, 6.07) is 0.511. The predicted molar refractivity (Wildman–Crippen MR) is 89.2 cm³/mol. The van der Waals surface area contributed by atoms with Crippen LogP contribution in [0.2, 0.25) is 0 Å². The summed E-state index contributed by atoms with van der Waals surface area (Å²) in [7, 11) is 0. The van der Waals surface area contributed by atoms with Gasteiger partial charge in [0.25, 0.3) is 0 Å². The highest BCUT2D eigenvalue weighted by Gasteiger charge is 2.47. The summed E-state index contributed by atoms with van der Waals surface area (Å²) < 4.78 is 0. The van der Waals surface area contributed by atoms with E-state index in [9.17, 15) is 14.4 Å². The van der Waals surface area contributed by atoms with E-state index in [4.69, 9.17) is 0 Å². The Morgan fingerprint density at radius 1 is 1.12 bits per heavy atom. The molecular formula is C18H30N3O3+. The zero-order valence-electron chi connectivity index (χ0n) is 14.7. The van der Waals surface area contributed by atoms with Crippen LogP contribution in [0.25, 0.3) is 0 Å². The third kappa shape index (κ3) is 3.48. The minimum Gasteiger partial charge on any atom is -0.350 e. The average molecular weight is 336 g/mol. The van der Waals surface area contributed by atoms with E-state index in [0.717, 1.165) is 38.6 Å². The Morgan fingerprint density at radius 2 is 1.79 bits per heavy atom. The zero-order chi connectivity index (χ0) is 17.1. The molecule has 2 saturated heterocycles. The molecule has 3 aliphatic rings. The van der Waals surface area contributed by atoms with Gasteiger partial charge < -0.3 is 10.2 Å². The van der Waals surface area contributed by atoms with Crippen LogP contribution >= 0.6 is 0 Å². The van der Waals surface area contributed by atoms with Crippen LogP contribution in [0.15, 0.2) is 0 Å². The minimum absolute atomic E-state index is 0.0464. The van der Waals surface area contributed by atoms with Gasteiger partial charge in [-0.1, -0.05) is 12.8 Å². The third-order valence-corrected chi connectivity index (χ3v) is 6.12. The van der Waals surface area contributed by atoms with Crippen LogP contribution in [0, 0.1) is 11.8 Å². The maximum atomic E-state index is 12.4. The maximum Gasteiger partial charge on any atom is 0.233 e. The number of nitrogens with one attached hydrogen (secondary N) is 2. The molecular weight excluding hydrogens is 306 g/mol. The fourth-order valence-electron chi connectivity index (χ4n) is 4.69. The molecule has 6 nitrogen and oxygen atoms in total. The van der Waals surface area contributed by atoms with Gasteiger partial charge in [0.05, 0.1) is 31.5 Å². The number of hydrogen-bond donors (Lipinski definition) is 2. The molecule has 24 heavy (non-hydrogen) atoms. The van der Waals surface area contributed by atoms with Crippen LogP contribution in [-0.4, -0.2) is 54.8 Å². The number of quaternary nitrogens is 1. The number of rotatable bonds is 6. The van der Waals surface area contributed by atoms with Gasteiger partial charge in [0.2, 0.25) is 17.7 Å². The Labute approximate surface area is 143 Å². The first-order chi connectivity index (χ1) is 11.6. The molecule has 0 radical (unpaired) electrons. The lowest BCUT2D eigenvalue weighted by molar-refractivity contribution is -0.909. The van der Waals surface area contributed by atoms with Crippen molar-refractivity contribution in [3.8, 4) is 0 Å². The van der Waals surface area contributed by atoms with E-state index in [2.05, 4.69) is 12.2 Å². The molecule has 3 rings (SSSR count). The van der Waals surface area contributed by atoms with Gasteiger partial charge in [-0.3, -0.25) is 19.3 Å². The molecule has 1 unspecified atom stereocenters. The smallest absolute Gasteiger partial charge is 0.233 e. The first kappa shape index (κ1) is 17.4. The van der Waals surface area contributed by atoms with Crippen LogP contribution in [-0.2, 0) is 14.4 Å². The Hall–Kier alpha value is -1.43. The fourth-order valence-corrected chi connectivity index (χ4v) is 4.69.